The Balaban J connectivity index is 1.50. The number of halogens is 1. The number of nitrogens with zero attached hydrogens (tertiary/aromatic N) is 1. The van der Waals surface area contributed by atoms with Crippen molar-refractivity contribution < 1.29 is 19.1 Å². The number of esters is 2. The van der Waals surface area contributed by atoms with Gasteiger partial charge in [-0.2, -0.15) is 0 Å². The highest BCUT2D eigenvalue weighted by atomic mass is 35.5. The Morgan fingerprint density at radius 3 is 2.45 bits per heavy atom. The van der Waals surface area contributed by atoms with E-state index in [1.165, 1.54) is 0 Å². The van der Waals surface area contributed by atoms with E-state index in [9.17, 15) is 9.59 Å². The molecule has 0 unspecified atom stereocenters. The number of carbonyl (C=O) groups is 2. The zero-order valence-electron chi connectivity index (χ0n) is 15.0. The van der Waals surface area contributed by atoms with E-state index in [1.54, 1.807) is 78.9 Å². The smallest absolute Gasteiger partial charge is 0.363 e. The molecule has 0 saturated heterocycles. The molecule has 0 amide bonds. The predicted octanol–water partition coefficient (Wildman–Crippen LogP) is 4.90. The van der Waals surface area contributed by atoms with Crippen LogP contribution in [0.4, 0.5) is 0 Å². The number of aliphatic imine (C=N–C) groups is 1. The average Bonchev–Trinajstić information content (AvgIpc) is 3.10. The summed E-state index contributed by atoms with van der Waals surface area (Å²) in [5, 5.41) is 0.527. The summed E-state index contributed by atoms with van der Waals surface area (Å²) in [4.78, 5) is 28.5. The lowest BCUT2D eigenvalue weighted by molar-refractivity contribution is -0.129. The lowest BCUT2D eigenvalue weighted by atomic mass is 10.2. The Hall–Kier alpha value is -3.70. The van der Waals surface area contributed by atoms with E-state index in [2.05, 4.69) is 4.99 Å². The lowest BCUT2D eigenvalue weighted by Gasteiger charge is -2.04. The molecule has 29 heavy (non-hydrogen) atoms. The van der Waals surface area contributed by atoms with Gasteiger partial charge in [0, 0.05) is 10.6 Å². The first-order chi connectivity index (χ1) is 14.1. The normalized spacial score (nSPS) is 14.4. The topological polar surface area (TPSA) is 65.0 Å². The number of ether oxygens (including phenoxy) is 2. The number of benzene rings is 3. The molecule has 0 saturated carbocycles. The van der Waals surface area contributed by atoms with Gasteiger partial charge in [0.25, 0.3) is 0 Å². The van der Waals surface area contributed by atoms with Gasteiger partial charge in [0.2, 0.25) is 5.90 Å². The molecule has 5 nitrogen and oxygen atoms in total. The van der Waals surface area contributed by atoms with Crippen LogP contribution in [0.15, 0.2) is 89.6 Å². The molecule has 0 bridgehead atoms. The minimum atomic E-state index is -0.542. The van der Waals surface area contributed by atoms with Gasteiger partial charge >= 0.3 is 11.9 Å². The molecule has 0 aliphatic carbocycles. The van der Waals surface area contributed by atoms with Crippen LogP contribution in [-0.4, -0.2) is 17.8 Å². The molecule has 4 rings (SSSR count). The second-order valence-corrected chi connectivity index (χ2v) is 6.61. The van der Waals surface area contributed by atoms with E-state index in [1.807, 2.05) is 6.07 Å². The number of rotatable bonds is 4. The molecule has 6 heteroatoms. The van der Waals surface area contributed by atoms with E-state index in [-0.39, 0.29) is 11.6 Å². The molecular formula is C23H14ClNO4. The fourth-order valence-corrected chi connectivity index (χ4v) is 2.87. The van der Waals surface area contributed by atoms with Crippen molar-refractivity contribution in [2.75, 3.05) is 0 Å². The molecule has 0 spiro atoms. The fraction of sp³-hybridized carbons (Fsp3) is 0. The maximum absolute atomic E-state index is 12.1. The number of hydrogen-bond donors (Lipinski definition) is 0. The van der Waals surface area contributed by atoms with Crippen LogP contribution in [0, 0.1) is 0 Å². The third-order valence-electron chi connectivity index (χ3n) is 4.10. The molecular weight excluding hydrogens is 390 g/mol. The Kier molecular flexibility index (Phi) is 5.22. The summed E-state index contributed by atoms with van der Waals surface area (Å²) in [6.45, 7) is 0. The molecule has 1 heterocycles. The second-order valence-electron chi connectivity index (χ2n) is 6.17. The molecule has 0 atom stereocenters. The van der Waals surface area contributed by atoms with Gasteiger partial charge in [0.15, 0.2) is 5.70 Å². The SMILES string of the molecule is O=C1OC(c2cccc(Cl)c2)=N/C1=C/c1ccc(OC(=O)c2ccccc2)cc1. The fourth-order valence-electron chi connectivity index (χ4n) is 2.68. The van der Waals surface area contributed by atoms with E-state index < -0.39 is 11.9 Å². The molecule has 142 valence electrons. The monoisotopic (exact) mass is 403 g/mol. The van der Waals surface area contributed by atoms with Crippen LogP contribution in [-0.2, 0) is 9.53 Å². The van der Waals surface area contributed by atoms with Crippen LogP contribution in [0.2, 0.25) is 5.02 Å². The van der Waals surface area contributed by atoms with Crippen LogP contribution in [0.5, 0.6) is 5.75 Å². The minimum absolute atomic E-state index is 0.175. The number of hydrogen-bond acceptors (Lipinski definition) is 5. The minimum Gasteiger partial charge on any atom is -0.423 e. The van der Waals surface area contributed by atoms with Gasteiger partial charge in [-0.15, -0.1) is 0 Å². The van der Waals surface area contributed by atoms with E-state index >= 15 is 0 Å². The van der Waals surface area contributed by atoms with Gasteiger partial charge in [0.1, 0.15) is 5.75 Å². The van der Waals surface area contributed by atoms with Crippen molar-refractivity contribution in [2.45, 2.75) is 0 Å². The van der Waals surface area contributed by atoms with Crippen molar-refractivity contribution in [3.63, 3.8) is 0 Å². The summed E-state index contributed by atoms with van der Waals surface area (Å²) in [6.07, 6.45) is 1.60. The summed E-state index contributed by atoms with van der Waals surface area (Å²) in [5.74, 6) is -0.373. The van der Waals surface area contributed by atoms with Gasteiger partial charge in [-0.1, -0.05) is 48.0 Å². The van der Waals surface area contributed by atoms with Gasteiger partial charge in [0.05, 0.1) is 5.56 Å². The number of cyclic esters (lactones) is 1. The van der Waals surface area contributed by atoms with Crippen molar-refractivity contribution in [1.82, 2.24) is 0 Å². The largest absolute Gasteiger partial charge is 0.423 e. The highest BCUT2D eigenvalue weighted by molar-refractivity contribution is 6.31. The van der Waals surface area contributed by atoms with E-state index in [0.717, 1.165) is 0 Å². The van der Waals surface area contributed by atoms with Crippen molar-refractivity contribution >= 4 is 35.5 Å². The highest BCUT2D eigenvalue weighted by Crippen LogP contribution is 2.22. The quantitative estimate of drug-likeness (QED) is 0.353. The Morgan fingerprint density at radius 1 is 0.966 bits per heavy atom. The Bertz CT molecular complexity index is 1140. The maximum Gasteiger partial charge on any atom is 0.363 e. The Morgan fingerprint density at radius 2 is 1.72 bits per heavy atom. The summed E-state index contributed by atoms with van der Waals surface area (Å²) in [5.41, 5.74) is 1.98. The van der Waals surface area contributed by atoms with Crippen molar-refractivity contribution in [3.8, 4) is 5.75 Å². The Labute approximate surface area is 171 Å². The van der Waals surface area contributed by atoms with Crippen LogP contribution in [0.1, 0.15) is 21.5 Å². The highest BCUT2D eigenvalue weighted by Gasteiger charge is 2.24. The first kappa shape index (κ1) is 18.7. The third-order valence-corrected chi connectivity index (χ3v) is 4.33. The summed E-state index contributed by atoms with van der Waals surface area (Å²) in [6, 6.07) is 22.4. The summed E-state index contributed by atoms with van der Waals surface area (Å²) >= 11 is 5.97. The maximum atomic E-state index is 12.1. The van der Waals surface area contributed by atoms with Crippen LogP contribution in [0.25, 0.3) is 6.08 Å². The van der Waals surface area contributed by atoms with Crippen LogP contribution in [0.3, 0.4) is 0 Å². The van der Waals surface area contributed by atoms with Crippen LogP contribution >= 0.6 is 11.6 Å². The summed E-state index contributed by atoms with van der Waals surface area (Å²) < 4.78 is 10.6. The van der Waals surface area contributed by atoms with Crippen molar-refractivity contribution in [1.29, 1.82) is 0 Å². The molecule has 0 aromatic heterocycles. The molecule has 1 aliphatic rings. The molecule has 0 radical (unpaired) electrons. The molecule has 3 aromatic carbocycles. The molecule has 3 aromatic rings. The van der Waals surface area contributed by atoms with Gasteiger partial charge < -0.3 is 9.47 Å². The first-order valence-electron chi connectivity index (χ1n) is 8.74. The van der Waals surface area contributed by atoms with E-state index in [0.29, 0.717) is 27.5 Å². The zero-order valence-corrected chi connectivity index (χ0v) is 15.8. The average molecular weight is 404 g/mol. The van der Waals surface area contributed by atoms with Crippen LogP contribution < -0.4 is 4.74 Å². The standard InChI is InChI=1S/C23H14ClNO4/c24-18-8-4-7-17(14-18)21-25-20(23(27)29-21)13-15-9-11-19(12-10-15)28-22(26)16-5-2-1-3-6-16/h1-14H/b20-13+. The van der Waals surface area contributed by atoms with Crippen molar-refractivity contribution in [3.05, 3.63) is 106 Å². The molecule has 1 aliphatic heterocycles. The van der Waals surface area contributed by atoms with E-state index in [4.69, 9.17) is 21.1 Å². The predicted molar refractivity (Wildman–Crippen MR) is 110 cm³/mol. The second kappa shape index (κ2) is 8.12. The van der Waals surface area contributed by atoms with Gasteiger partial charge in [-0.3, -0.25) is 0 Å². The lowest BCUT2D eigenvalue weighted by Crippen LogP contribution is -2.07. The summed E-state index contributed by atoms with van der Waals surface area (Å²) in [7, 11) is 0. The van der Waals surface area contributed by atoms with Gasteiger partial charge in [-0.25, -0.2) is 14.6 Å². The molecule has 0 fully saturated rings. The first-order valence-corrected chi connectivity index (χ1v) is 9.12. The van der Waals surface area contributed by atoms with Gasteiger partial charge in [-0.05, 0) is 54.1 Å². The number of carbonyl (C=O) groups excluding carboxylic acids is 2. The third kappa shape index (κ3) is 4.42. The molecule has 0 N–H and O–H groups in total. The zero-order chi connectivity index (χ0) is 20.2. The van der Waals surface area contributed by atoms with Crippen molar-refractivity contribution in [2.24, 2.45) is 4.99 Å².